The van der Waals surface area contributed by atoms with Crippen molar-refractivity contribution >= 4 is 17.4 Å². The van der Waals surface area contributed by atoms with Gasteiger partial charge < -0.3 is 39.2 Å². The van der Waals surface area contributed by atoms with Gasteiger partial charge in [-0.15, -0.1) is 0 Å². The molecule has 4 aromatic rings. The number of fused-ring (bicyclic) bond motifs is 1. The predicted molar refractivity (Wildman–Crippen MR) is 155 cm³/mol. The van der Waals surface area contributed by atoms with Gasteiger partial charge in [0.05, 0.1) is 32.5 Å². The molecule has 13 heteroatoms. The lowest BCUT2D eigenvalue weighted by atomic mass is 10.1. The lowest BCUT2D eigenvalue weighted by Crippen LogP contribution is -2.45. The fourth-order valence-electron chi connectivity index (χ4n) is 5.51. The van der Waals surface area contributed by atoms with Crippen LogP contribution in [0.25, 0.3) is 0 Å². The number of para-hydroxylation sites is 1. The normalized spacial score (nSPS) is 23.0. The molecule has 0 unspecified atom stereocenters. The molecule has 4 heterocycles. The Balaban J connectivity index is 0.948. The van der Waals surface area contributed by atoms with Crippen molar-refractivity contribution in [3.8, 4) is 23.3 Å². The second kappa shape index (κ2) is 12.3. The topological polar surface area (TPSA) is 134 Å². The maximum absolute atomic E-state index is 12.8. The van der Waals surface area contributed by atoms with Crippen LogP contribution in [0.1, 0.15) is 6.04 Å². The lowest BCUT2D eigenvalue weighted by molar-refractivity contribution is 0.0613. The van der Waals surface area contributed by atoms with Crippen LogP contribution in [0.15, 0.2) is 78.9 Å². The molecule has 0 saturated carbocycles. The van der Waals surface area contributed by atoms with Crippen molar-refractivity contribution < 1.29 is 28.5 Å². The molecule has 0 radical (unpaired) electrons. The quantitative estimate of drug-likeness (QED) is 0.316. The molecule has 3 aliphatic heterocycles. The first-order valence-electron chi connectivity index (χ1n) is 14.2. The molecular formula is C30H31N7O6. The van der Waals surface area contributed by atoms with Crippen LogP contribution in [-0.4, -0.2) is 84.0 Å². The van der Waals surface area contributed by atoms with Crippen molar-refractivity contribution in [1.29, 1.82) is 0 Å². The lowest BCUT2D eigenvalue weighted by Gasteiger charge is -2.29. The Morgan fingerprint density at radius 2 is 1.60 bits per heavy atom. The van der Waals surface area contributed by atoms with Gasteiger partial charge in [0.15, 0.2) is 0 Å². The predicted octanol–water partition coefficient (Wildman–Crippen LogP) is 3.62. The van der Waals surface area contributed by atoms with Crippen molar-refractivity contribution in [3.63, 3.8) is 0 Å². The van der Waals surface area contributed by atoms with E-state index in [2.05, 4.69) is 31.1 Å². The van der Waals surface area contributed by atoms with Gasteiger partial charge in [-0.25, -0.2) is 4.79 Å². The van der Waals surface area contributed by atoms with Crippen molar-refractivity contribution in [3.05, 3.63) is 78.9 Å². The highest BCUT2D eigenvalue weighted by Crippen LogP contribution is 2.36. The molecule has 13 nitrogen and oxygen atoms in total. The highest BCUT2D eigenvalue weighted by atomic mass is 16.6. The first kappa shape index (κ1) is 27.1. The van der Waals surface area contributed by atoms with E-state index in [-0.39, 0.29) is 36.3 Å². The summed E-state index contributed by atoms with van der Waals surface area (Å²) in [5.41, 5.74) is 1.68. The van der Waals surface area contributed by atoms with E-state index in [9.17, 15) is 4.79 Å². The minimum Gasteiger partial charge on any atom is -0.457 e. The van der Waals surface area contributed by atoms with Gasteiger partial charge in [-0.05, 0) is 59.0 Å². The molecule has 2 N–H and O–H groups in total. The summed E-state index contributed by atoms with van der Waals surface area (Å²) >= 11 is 0. The molecule has 0 spiro atoms. The summed E-state index contributed by atoms with van der Waals surface area (Å²) in [6.07, 6.45) is -0.718. The van der Waals surface area contributed by atoms with Gasteiger partial charge in [-0.2, -0.15) is 4.68 Å². The molecule has 2 amide bonds. The number of morpholine rings is 1. The number of amides is 2. The second-order valence-electron chi connectivity index (χ2n) is 10.4. The van der Waals surface area contributed by atoms with Crippen LogP contribution in [-0.2, 0) is 14.2 Å². The summed E-state index contributed by atoms with van der Waals surface area (Å²) in [5, 5.41) is 18.0. The number of hydrogen-bond acceptors (Lipinski definition) is 10. The molecule has 3 saturated heterocycles. The molecule has 3 aliphatic rings. The summed E-state index contributed by atoms with van der Waals surface area (Å²) in [6.45, 7) is 3.65. The molecular weight excluding hydrogens is 554 g/mol. The van der Waals surface area contributed by atoms with Crippen molar-refractivity contribution in [1.82, 2.24) is 25.5 Å². The number of benzene rings is 3. The van der Waals surface area contributed by atoms with Crippen molar-refractivity contribution in [2.75, 3.05) is 49.7 Å². The van der Waals surface area contributed by atoms with Crippen LogP contribution < -0.4 is 25.0 Å². The van der Waals surface area contributed by atoms with Gasteiger partial charge in [-0.3, -0.25) is 0 Å². The zero-order chi connectivity index (χ0) is 29.0. The van der Waals surface area contributed by atoms with Crippen LogP contribution in [0.2, 0.25) is 0 Å². The highest BCUT2D eigenvalue weighted by Gasteiger charge is 2.50. The number of hydrogen-bond donors (Lipinski definition) is 2. The summed E-state index contributed by atoms with van der Waals surface area (Å²) in [4.78, 5) is 15.1. The number of tetrazole rings is 1. The third-order valence-electron chi connectivity index (χ3n) is 7.61. The molecule has 222 valence electrons. The summed E-state index contributed by atoms with van der Waals surface area (Å²) < 4.78 is 31.1. The molecule has 3 fully saturated rings. The molecule has 1 aromatic heterocycles. The standard InChI is InChI=1S/C30H31N7O6/c38-29(31-20-9-11-23(12-10-20)42-22-6-2-1-3-7-22)32-25-18-40-28-26(19-41-27(25)28)37-30(33-34-35-37)43-24-8-4-5-21(17-24)36-13-15-39-16-14-36/h1-12,17,25-28H,13-16,18-19H2,(H2,31,32,38)/t25-,26-,27+,28+/m0/s1. The van der Waals surface area contributed by atoms with Gasteiger partial charge in [-0.1, -0.05) is 29.4 Å². The first-order chi connectivity index (χ1) is 21.2. The van der Waals surface area contributed by atoms with Crippen molar-refractivity contribution in [2.45, 2.75) is 24.3 Å². The molecule has 4 atom stereocenters. The second-order valence-corrected chi connectivity index (χ2v) is 10.4. The van der Waals surface area contributed by atoms with Gasteiger partial charge in [0.25, 0.3) is 0 Å². The number of anilines is 2. The average Bonchev–Trinajstić information content (AvgIpc) is 3.77. The summed E-state index contributed by atoms with van der Waals surface area (Å²) in [6, 6.07) is 23.7. The molecule has 7 rings (SSSR count). The zero-order valence-corrected chi connectivity index (χ0v) is 23.2. The molecule has 3 aromatic carbocycles. The Labute approximate surface area is 247 Å². The van der Waals surface area contributed by atoms with Gasteiger partial charge in [0.2, 0.25) is 0 Å². The van der Waals surface area contributed by atoms with E-state index in [4.69, 9.17) is 23.7 Å². The largest absolute Gasteiger partial charge is 0.457 e. The molecule has 0 bridgehead atoms. The number of nitrogens with one attached hydrogen (secondary N) is 2. The molecule has 0 aliphatic carbocycles. The minimum atomic E-state index is -0.362. The Hall–Kier alpha value is -4.72. The third-order valence-corrected chi connectivity index (χ3v) is 7.61. The van der Waals surface area contributed by atoms with E-state index in [1.165, 1.54) is 0 Å². The van der Waals surface area contributed by atoms with Crippen LogP contribution in [0, 0.1) is 0 Å². The fourth-order valence-corrected chi connectivity index (χ4v) is 5.51. The number of ether oxygens (including phenoxy) is 5. The van der Waals surface area contributed by atoms with E-state index < -0.39 is 0 Å². The highest BCUT2D eigenvalue weighted by molar-refractivity contribution is 5.89. The number of carbonyl (C=O) groups is 1. The minimum absolute atomic E-state index is 0.242. The smallest absolute Gasteiger partial charge is 0.341 e. The number of nitrogens with zero attached hydrogens (tertiary/aromatic N) is 5. The molecule has 43 heavy (non-hydrogen) atoms. The Bertz CT molecular complexity index is 1530. The Morgan fingerprint density at radius 3 is 2.44 bits per heavy atom. The monoisotopic (exact) mass is 585 g/mol. The maximum atomic E-state index is 12.8. The van der Waals surface area contributed by atoms with Crippen LogP contribution in [0.4, 0.5) is 16.2 Å². The van der Waals surface area contributed by atoms with E-state index in [1.54, 1.807) is 28.9 Å². The van der Waals surface area contributed by atoms with Crippen molar-refractivity contribution in [2.24, 2.45) is 0 Å². The zero-order valence-electron chi connectivity index (χ0n) is 23.2. The Morgan fingerprint density at radius 1 is 0.837 bits per heavy atom. The fraction of sp³-hybridized carbons (Fsp3) is 0.333. The first-order valence-corrected chi connectivity index (χ1v) is 14.2. The Kier molecular flexibility index (Phi) is 7.73. The summed E-state index contributed by atoms with van der Waals surface area (Å²) in [7, 11) is 0. The number of carbonyl (C=O) groups excluding carboxylic acids is 1. The maximum Gasteiger partial charge on any atom is 0.341 e. The van der Waals surface area contributed by atoms with Crippen LogP contribution >= 0.6 is 0 Å². The van der Waals surface area contributed by atoms with Gasteiger partial charge in [0, 0.05) is 30.5 Å². The number of urea groups is 1. The van der Waals surface area contributed by atoms with Gasteiger partial charge >= 0.3 is 12.0 Å². The van der Waals surface area contributed by atoms with Crippen LogP contribution in [0.3, 0.4) is 0 Å². The number of rotatable bonds is 8. The van der Waals surface area contributed by atoms with Crippen LogP contribution in [0.5, 0.6) is 23.3 Å². The van der Waals surface area contributed by atoms with Gasteiger partial charge in [0.1, 0.15) is 35.5 Å². The average molecular weight is 586 g/mol. The van der Waals surface area contributed by atoms with E-state index in [0.717, 1.165) is 24.5 Å². The SMILES string of the molecule is O=C(Nc1ccc(Oc2ccccc2)cc1)N[C@H]1CO[C@H]2[C@@H]1OC[C@@H]2n1nnnc1Oc1cccc(N2CCOCC2)c1. The van der Waals surface area contributed by atoms with E-state index >= 15 is 0 Å². The van der Waals surface area contributed by atoms with E-state index in [1.807, 2.05) is 54.6 Å². The number of aromatic nitrogens is 4. The van der Waals surface area contributed by atoms with E-state index in [0.29, 0.717) is 43.6 Å². The third kappa shape index (κ3) is 6.09. The summed E-state index contributed by atoms with van der Waals surface area (Å²) in [5.74, 6) is 2.04.